The van der Waals surface area contributed by atoms with E-state index in [0.29, 0.717) is 23.5 Å². The lowest BCUT2D eigenvalue weighted by Gasteiger charge is -2.23. The Labute approximate surface area is 223 Å². The van der Waals surface area contributed by atoms with Gasteiger partial charge in [0.2, 0.25) is 0 Å². The van der Waals surface area contributed by atoms with E-state index in [1.807, 2.05) is 19.2 Å². The number of aryl methyl sites for hydroxylation is 1. The smallest absolute Gasteiger partial charge is 0.261 e. The fraction of sp³-hybridized carbons (Fsp3) is 0.517. The SMILES string of the molecule is CCCN(CCCNCCCCc1ccc2c(c1)S(=O)CN2C)CCCN1C(=O)c2ccccc2C1=O. The number of carbonyl (C=O) groups is 2. The Bertz CT molecular complexity index is 1090. The van der Waals surface area contributed by atoms with E-state index in [4.69, 9.17) is 0 Å². The van der Waals surface area contributed by atoms with Crippen LogP contribution in [0.1, 0.15) is 65.3 Å². The highest BCUT2D eigenvalue weighted by Gasteiger charge is 2.34. The Morgan fingerprint density at radius 1 is 0.919 bits per heavy atom. The molecule has 0 aliphatic carbocycles. The van der Waals surface area contributed by atoms with Gasteiger partial charge in [-0.2, -0.15) is 0 Å². The topological polar surface area (TPSA) is 73.0 Å². The molecule has 1 unspecified atom stereocenters. The molecule has 0 aromatic heterocycles. The third-order valence-electron chi connectivity index (χ3n) is 7.16. The number of hydrogen-bond acceptors (Lipinski definition) is 6. The molecule has 1 atom stereocenters. The Kier molecular flexibility index (Phi) is 9.88. The maximum Gasteiger partial charge on any atom is 0.261 e. The zero-order valence-electron chi connectivity index (χ0n) is 22.2. The number of carbonyl (C=O) groups excluding carboxylic acids is 2. The predicted molar refractivity (Wildman–Crippen MR) is 150 cm³/mol. The first-order valence-electron chi connectivity index (χ1n) is 13.6. The quantitative estimate of drug-likeness (QED) is 0.281. The number of nitrogens with one attached hydrogen (secondary N) is 1. The van der Waals surface area contributed by atoms with Crippen molar-refractivity contribution >= 4 is 28.3 Å². The van der Waals surface area contributed by atoms with E-state index in [9.17, 15) is 13.8 Å². The van der Waals surface area contributed by atoms with E-state index in [-0.39, 0.29) is 11.8 Å². The van der Waals surface area contributed by atoms with Crippen molar-refractivity contribution in [3.63, 3.8) is 0 Å². The lowest BCUT2D eigenvalue weighted by Crippen LogP contribution is -2.35. The van der Waals surface area contributed by atoms with Gasteiger partial charge < -0.3 is 15.1 Å². The van der Waals surface area contributed by atoms with Crippen LogP contribution in [0.15, 0.2) is 47.4 Å². The molecule has 8 heteroatoms. The fourth-order valence-corrected chi connectivity index (χ4v) is 6.57. The van der Waals surface area contributed by atoms with Gasteiger partial charge in [0.1, 0.15) is 0 Å². The number of hydrogen-bond donors (Lipinski definition) is 1. The van der Waals surface area contributed by atoms with Gasteiger partial charge in [-0.1, -0.05) is 25.1 Å². The van der Waals surface area contributed by atoms with Crippen LogP contribution >= 0.6 is 0 Å². The second-order valence-electron chi connectivity index (χ2n) is 10.0. The van der Waals surface area contributed by atoms with E-state index >= 15 is 0 Å². The van der Waals surface area contributed by atoms with E-state index in [0.717, 1.165) is 81.8 Å². The van der Waals surface area contributed by atoms with Gasteiger partial charge in [0.05, 0.1) is 38.4 Å². The molecule has 2 heterocycles. The molecule has 0 radical (unpaired) electrons. The molecule has 2 amide bonds. The van der Waals surface area contributed by atoms with Crippen LogP contribution in [0.5, 0.6) is 0 Å². The molecule has 0 saturated heterocycles. The number of rotatable bonds is 15. The summed E-state index contributed by atoms with van der Waals surface area (Å²) in [5, 5.41) is 3.57. The van der Waals surface area contributed by atoms with Gasteiger partial charge in [-0.05, 0) is 101 Å². The van der Waals surface area contributed by atoms with Crippen molar-refractivity contribution in [2.45, 2.75) is 50.3 Å². The number of unbranched alkanes of at least 4 members (excludes halogenated alkanes) is 1. The largest absolute Gasteiger partial charge is 0.361 e. The van der Waals surface area contributed by atoms with E-state index < -0.39 is 10.8 Å². The molecule has 0 spiro atoms. The van der Waals surface area contributed by atoms with Crippen LogP contribution in [0.25, 0.3) is 0 Å². The monoisotopic (exact) mass is 524 g/mol. The summed E-state index contributed by atoms with van der Waals surface area (Å²) >= 11 is 0. The number of imide groups is 1. The zero-order chi connectivity index (χ0) is 26.2. The molecule has 2 aliphatic heterocycles. The molecule has 37 heavy (non-hydrogen) atoms. The number of amides is 2. The summed E-state index contributed by atoms with van der Waals surface area (Å²) in [7, 11) is 1.10. The molecule has 2 aromatic rings. The van der Waals surface area contributed by atoms with Gasteiger partial charge in [0.15, 0.2) is 0 Å². The van der Waals surface area contributed by atoms with Crippen LogP contribution in [0, 0.1) is 0 Å². The van der Waals surface area contributed by atoms with E-state index in [1.54, 1.807) is 12.1 Å². The van der Waals surface area contributed by atoms with Crippen molar-refractivity contribution in [1.29, 1.82) is 0 Å². The second-order valence-corrected chi connectivity index (χ2v) is 11.4. The Morgan fingerprint density at radius 2 is 1.62 bits per heavy atom. The average molecular weight is 525 g/mol. The van der Waals surface area contributed by atoms with Crippen LogP contribution in [0.3, 0.4) is 0 Å². The summed E-state index contributed by atoms with van der Waals surface area (Å²) in [5.41, 5.74) is 3.43. The van der Waals surface area contributed by atoms with Crippen molar-refractivity contribution < 1.29 is 13.8 Å². The summed E-state index contributed by atoms with van der Waals surface area (Å²) in [6.07, 6.45) is 6.23. The lowest BCUT2D eigenvalue weighted by molar-refractivity contribution is 0.0647. The minimum Gasteiger partial charge on any atom is -0.361 e. The second kappa shape index (κ2) is 13.3. The number of anilines is 1. The molecule has 7 nitrogen and oxygen atoms in total. The van der Waals surface area contributed by atoms with Crippen molar-refractivity contribution in [2.24, 2.45) is 0 Å². The van der Waals surface area contributed by atoms with E-state index in [1.165, 1.54) is 10.5 Å². The van der Waals surface area contributed by atoms with Crippen molar-refractivity contribution in [2.75, 3.05) is 57.1 Å². The van der Waals surface area contributed by atoms with Crippen molar-refractivity contribution in [1.82, 2.24) is 15.1 Å². The Morgan fingerprint density at radius 3 is 2.35 bits per heavy atom. The number of benzene rings is 2. The summed E-state index contributed by atoms with van der Waals surface area (Å²) in [6, 6.07) is 13.5. The summed E-state index contributed by atoms with van der Waals surface area (Å²) in [5.74, 6) is 0.279. The van der Waals surface area contributed by atoms with Gasteiger partial charge in [-0.3, -0.25) is 18.7 Å². The Hall–Kier alpha value is -2.55. The molecule has 2 aromatic carbocycles. The first-order valence-corrected chi connectivity index (χ1v) is 14.9. The minimum atomic E-state index is -0.894. The summed E-state index contributed by atoms with van der Waals surface area (Å²) in [6.45, 7) is 7.60. The fourth-order valence-electron chi connectivity index (χ4n) is 5.20. The van der Waals surface area contributed by atoms with Gasteiger partial charge in [-0.25, -0.2) is 0 Å². The third-order valence-corrected chi connectivity index (χ3v) is 8.60. The first kappa shape index (κ1) is 27.5. The van der Waals surface area contributed by atoms with Gasteiger partial charge >= 0.3 is 0 Å². The number of fused-ring (bicyclic) bond motifs is 2. The first-order chi connectivity index (χ1) is 18.0. The molecular weight excluding hydrogens is 484 g/mol. The Balaban J connectivity index is 1.08. The molecule has 1 N–H and O–H groups in total. The standard InChI is InChI=1S/C29H40N4O3S/c1-3-17-32(19-9-20-33-28(34)24-11-4-5-12-25(24)29(33)35)18-8-16-30-15-7-6-10-23-13-14-26-27(21-23)37(36)22-31(26)2/h4-5,11-14,21,30H,3,6-10,15-20,22H2,1-2H3. The molecule has 0 saturated carbocycles. The van der Waals surface area contributed by atoms with Crippen LogP contribution < -0.4 is 10.2 Å². The lowest BCUT2D eigenvalue weighted by atomic mass is 10.1. The van der Waals surface area contributed by atoms with Gasteiger partial charge in [0, 0.05) is 13.6 Å². The molecular formula is C29H40N4O3S. The number of nitrogens with zero attached hydrogens (tertiary/aromatic N) is 3. The molecule has 200 valence electrons. The third kappa shape index (κ3) is 6.86. The van der Waals surface area contributed by atoms with Crippen molar-refractivity contribution in [3.8, 4) is 0 Å². The minimum absolute atomic E-state index is 0.161. The molecule has 2 aliphatic rings. The summed E-state index contributed by atoms with van der Waals surface area (Å²) < 4.78 is 12.2. The van der Waals surface area contributed by atoms with Crippen LogP contribution in [-0.4, -0.2) is 78.0 Å². The maximum atomic E-state index is 12.5. The maximum absolute atomic E-state index is 12.5. The van der Waals surface area contributed by atoms with Crippen LogP contribution in [0.2, 0.25) is 0 Å². The highest BCUT2D eigenvalue weighted by atomic mass is 32.2. The predicted octanol–water partition coefficient (Wildman–Crippen LogP) is 3.90. The normalized spacial score (nSPS) is 16.7. The van der Waals surface area contributed by atoms with Crippen LogP contribution in [-0.2, 0) is 17.2 Å². The summed E-state index contributed by atoms with van der Waals surface area (Å²) in [4.78, 5) is 32.0. The average Bonchev–Trinajstić information content (AvgIpc) is 3.32. The molecule has 0 bridgehead atoms. The zero-order valence-corrected chi connectivity index (χ0v) is 23.0. The van der Waals surface area contributed by atoms with Gasteiger partial charge in [0.25, 0.3) is 11.8 Å². The van der Waals surface area contributed by atoms with Crippen molar-refractivity contribution in [3.05, 3.63) is 59.2 Å². The van der Waals surface area contributed by atoms with Crippen LogP contribution in [0.4, 0.5) is 5.69 Å². The molecule has 4 rings (SSSR count). The highest BCUT2D eigenvalue weighted by molar-refractivity contribution is 7.85. The molecule has 0 fully saturated rings. The van der Waals surface area contributed by atoms with E-state index in [2.05, 4.69) is 40.2 Å². The highest BCUT2D eigenvalue weighted by Crippen LogP contribution is 2.31. The van der Waals surface area contributed by atoms with Gasteiger partial charge in [-0.15, -0.1) is 0 Å².